The Morgan fingerprint density at radius 3 is 2.56 bits per heavy atom. The monoisotopic (exact) mass is 358 g/mol. The lowest BCUT2D eigenvalue weighted by Crippen LogP contribution is -2.41. The highest BCUT2D eigenvalue weighted by Gasteiger charge is 2.28. The fourth-order valence-corrected chi connectivity index (χ4v) is 4.15. The summed E-state index contributed by atoms with van der Waals surface area (Å²) in [5, 5.41) is 1.20. The van der Waals surface area contributed by atoms with Crippen LogP contribution < -0.4 is 0 Å². The maximum absolute atomic E-state index is 12.2. The van der Waals surface area contributed by atoms with E-state index in [1.165, 1.54) is 15.4 Å². The lowest BCUT2D eigenvalue weighted by molar-refractivity contribution is 0.0205. The molecule has 2 heterocycles. The van der Waals surface area contributed by atoms with Gasteiger partial charge in [0, 0.05) is 36.5 Å². The Morgan fingerprint density at radius 1 is 1.24 bits per heavy atom. The van der Waals surface area contributed by atoms with Crippen molar-refractivity contribution in [2.24, 2.45) is 0 Å². The molecule has 134 valence electrons. The summed E-state index contributed by atoms with van der Waals surface area (Å²) in [5.41, 5.74) is 0.882. The predicted octanol–water partition coefficient (Wildman–Crippen LogP) is 4.85. The zero-order valence-electron chi connectivity index (χ0n) is 15.2. The van der Waals surface area contributed by atoms with E-state index in [4.69, 9.17) is 4.74 Å². The number of carbonyl (C=O) groups is 1. The molecule has 0 spiro atoms. The molecule has 0 bridgehead atoms. The van der Waals surface area contributed by atoms with Gasteiger partial charge in [-0.05, 0) is 39.2 Å². The molecule has 0 atom stereocenters. The number of likely N-dealkylation sites (tertiary alicyclic amines) is 1. The van der Waals surface area contributed by atoms with Gasteiger partial charge < -0.3 is 9.64 Å². The number of hydrogen-bond donors (Lipinski definition) is 0. The predicted molar refractivity (Wildman–Crippen MR) is 101 cm³/mol. The highest BCUT2D eigenvalue weighted by atomic mass is 32.1. The van der Waals surface area contributed by atoms with Crippen LogP contribution in [0.4, 0.5) is 4.79 Å². The molecule has 2 aromatic rings. The van der Waals surface area contributed by atoms with Crippen LogP contribution in [0.2, 0.25) is 0 Å². The Balaban J connectivity index is 1.54. The number of ether oxygens (including phenoxy) is 1. The summed E-state index contributed by atoms with van der Waals surface area (Å²) in [6, 6.07) is 10.5. The quantitative estimate of drug-likeness (QED) is 0.788. The van der Waals surface area contributed by atoms with Gasteiger partial charge in [-0.2, -0.15) is 0 Å². The first-order valence-corrected chi connectivity index (χ1v) is 9.69. The Hall–Kier alpha value is -1.88. The van der Waals surface area contributed by atoms with E-state index in [1.54, 1.807) is 0 Å². The number of amides is 1. The van der Waals surface area contributed by atoms with Gasteiger partial charge >= 0.3 is 6.09 Å². The average molecular weight is 359 g/mol. The number of carbonyl (C=O) groups excluding carboxylic acids is 1. The first-order chi connectivity index (χ1) is 11.9. The molecule has 3 rings (SSSR count). The summed E-state index contributed by atoms with van der Waals surface area (Å²) in [6.45, 7) is 7.20. The summed E-state index contributed by atoms with van der Waals surface area (Å²) in [5.74, 6) is 0.452. The largest absolute Gasteiger partial charge is 0.444 e. The average Bonchev–Trinajstić information content (AvgIpc) is 3.03. The van der Waals surface area contributed by atoms with Crippen LogP contribution in [-0.2, 0) is 11.2 Å². The number of piperidine rings is 1. The van der Waals surface area contributed by atoms with Crippen molar-refractivity contribution >= 4 is 17.4 Å². The SMILES string of the molecule is CC(C)(C)OC(=O)N1CCC(c2ncc(Cc3ccccc3)s2)CC1. The van der Waals surface area contributed by atoms with Crippen LogP contribution in [0, 0.1) is 0 Å². The lowest BCUT2D eigenvalue weighted by atomic mass is 9.98. The molecule has 1 aliphatic heterocycles. The fraction of sp³-hybridized carbons (Fsp3) is 0.500. The molecule has 0 N–H and O–H groups in total. The van der Waals surface area contributed by atoms with Crippen LogP contribution in [0.25, 0.3) is 0 Å². The second-order valence-electron chi connectivity index (χ2n) is 7.57. The summed E-state index contributed by atoms with van der Waals surface area (Å²) in [4.78, 5) is 19.9. The van der Waals surface area contributed by atoms with Crippen LogP contribution in [-0.4, -0.2) is 34.7 Å². The van der Waals surface area contributed by atoms with Gasteiger partial charge in [0.15, 0.2) is 0 Å². The smallest absolute Gasteiger partial charge is 0.410 e. The normalized spacial score (nSPS) is 16.0. The number of thiazole rings is 1. The molecule has 1 saturated heterocycles. The molecule has 1 aromatic carbocycles. The fourth-order valence-electron chi connectivity index (χ4n) is 3.03. The van der Waals surface area contributed by atoms with Crippen LogP contribution in [0.5, 0.6) is 0 Å². The van der Waals surface area contributed by atoms with Gasteiger partial charge in [0.2, 0.25) is 0 Å². The van der Waals surface area contributed by atoms with E-state index < -0.39 is 5.60 Å². The minimum absolute atomic E-state index is 0.199. The second kappa shape index (κ2) is 7.56. The van der Waals surface area contributed by atoms with Gasteiger partial charge in [0.05, 0.1) is 5.01 Å². The van der Waals surface area contributed by atoms with Crippen molar-refractivity contribution in [2.75, 3.05) is 13.1 Å². The third kappa shape index (κ3) is 5.05. The number of hydrogen-bond acceptors (Lipinski definition) is 4. The molecular formula is C20H26N2O2S. The van der Waals surface area contributed by atoms with E-state index >= 15 is 0 Å². The number of aromatic nitrogens is 1. The third-order valence-electron chi connectivity index (χ3n) is 4.29. The molecular weight excluding hydrogens is 332 g/mol. The Bertz CT molecular complexity index is 698. The highest BCUT2D eigenvalue weighted by molar-refractivity contribution is 7.11. The van der Waals surface area contributed by atoms with Crippen LogP contribution in [0.15, 0.2) is 36.5 Å². The van der Waals surface area contributed by atoms with E-state index in [0.29, 0.717) is 5.92 Å². The van der Waals surface area contributed by atoms with Crippen molar-refractivity contribution in [3.05, 3.63) is 52.0 Å². The highest BCUT2D eigenvalue weighted by Crippen LogP contribution is 2.32. The zero-order chi connectivity index (χ0) is 17.9. The van der Waals surface area contributed by atoms with E-state index in [0.717, 1.165) is 32.4 Å². The van der Waals surface area contributed by atoms with E-state index in [1.807, 2.05) is 49.3 Å². The number of nitrogens with zero attached hydrogens (tertiary/aromatic N) is 2. The van der Waals surface area contributed by atoms with Gasteiger partial charge in [0.25, 0.3) is 0 Å². The molecule has 1 aliphatic rings. The minimum Gasteiger partial charge on any atom is -0.444 e. The molecule has 0 radical (unpaired) electrons. The van der Waals surface area contributed by atoms with Gasteiger partial charge in [-0.3, -0.25) is 0 Å². The Labute approximate surface area is 153 Å². The Kier molecular flexibility index (Phi) is 5.42. The number of benzene rings is 1. The van der Waals surface area contributed by atoms with Crippen LogP contribution >= 0.6 is 11.3 Å². The standard InChI is InChI=1S/C20H26N2O2S/c1-20(2,3)24-19(23)22-11-9-16(10-12-22)18-21-14-17(25-18)13-15-7-5-4-6-8-15/h4-8,14,16H,9-13H2,1-3H3. The summed E-state index contributed by atoms with van der Waals surface area (Å²) in [7, 11) is 0. The first-order valence-electron chi connectivity index (χ1n) is 8.87. The van der Waals surface area contributed by atoms with E-state index in [-0.39, 0.29) is 6.09 Å². The Morgan fingerprint density at radius 2 is 1.92 bits per heavy atom. The van der Waals surface area contributed by atoms with Gasteiger partial charge in [-0.1, -0.05) is 30.3 Å². The molecule has 4 nitrogen and oxygen atoms in total. The molecule has 25 heavy (non-hydrogen) atoms. The maximum atomic E-state index is 12.2. The molecule has 5 heteroatoms. The summed E-state index contributed by atoms with van der Waals surface area (Å²) >= 11 is 1.81. The maximum Gasteiger partial charge on any atom is 0.410 e. The van der Waals surface area contributed by atoms with Crippen molar-refractivity contribution in [1.82, 2.24) is 9.88 Å². The third-order valence-corrected chi connectivity index (χ3v) is 5.45. The lowest BCUT2D eigenvalue weighted by Gasteiger charge is -2.32. The van der Waals surface area contributed by atoms with Gasteiger partial charge in [-0.25, -0.2) is 9.78 Å². The molecule has 0 unspecified atom stereocenters. The number of rotatable bonds is 3. The van der Waals surface area contributed by atoms with E-state index in [9.17, 15) is 4.79 Å². The van der Waals surface area contributed by atoms with Crippen molar-refractivity contribution in [1.29, 1.82) is 0 Å². The van der Waals surface area contributed by atoms with E-state index in [2.05, 4.69) is 29.2 Å². The molecule has 0 aliphatic carbocycles. The second-order valence-corrected chi connectivity index (χ2v) is 8.72. The molecule has 1 fully saturated rings. The van der Waals surface area contributed by atoms with Gasteiger partial charge in [0.1, 0.15) is 5.60 Å². The zero-order valence-corrected chi connectivity index (χ0v) is 16.0. The molecule has 1 aromatic heterocycles. The van der Waals surface area contributed by atoms with Crippen molar-refractivity contribution in [3.8, 4) is 0 Å². The van der Waals surface area contributed by atoms with Crippen molar-refractivity contribution < 1.29 is 9.53 Å². The molecule has 1 amide bonds. The van der Waals surface area contributed by atoms with Crippen molar-refractivity contribution in [3.63, 3.8) is 0 Å². The van der Waals surface area contributed by atoms with Crippen molar-refractivity contribution in [2.45, 2.75) is 51.6 Å². The minimum atomic E-state index is -0.435. The van der Waals surface area contributed by atoms with Crippen LogP contribution in [0.3, 0.4) is 0 Å². The van der Waals surface area contributed by atoms with Gasteiger partial charge in [-0.15, -0.1) is 11.3 Å². The molecule has 0 saturated carbocycles. The first kappa shape index (κ1) is 17.9. The topological polar surface area (TPSA) is 42.4 Å². The summed E-state index contributed by atoms with van der Waals surface area (Å²) in [6.07, 6.45) is 4.66. The van der Waals surface area contributed by atoms with Crippen LogP contribution in [0.1, 0.15) is 55.0 Å². The summed E-state index contributed by atoms with van der Waals surface area (Å²) < 4.78 is 5.46.